The summed E-state index contributed by atoms with van der Waals surface area (Å²) in [6.45, 7) is 10.8. The van der Waals surface area contributed by atoms with Crippen molar-refractivity contribution in [2.75, 3.05) is 13.2 Å². The van der Waals surface area contributed by atoms with Crippen molar-refractivity contribution in [3.63, 3.8) is 0 Å². The van der Waals surface area contributed by atoms with Crippen LogP contribution < -0.4 is 9.47 Å². The first-order valence-electron chi connectivity index (χ1n) is 28.7. The molecule has 6 aromatic rings. The molecule has 0 aliphatic heterocycles. The lowest BCUT2D eigenvalue weighted by atomic mass is 9.94. The van der Waals surface area contributed by atoms with Crippen molar-refractivity contribution < 1.29 is 9.47 Å². The third kappa shape index (κ3) is 19.1. The molecule has 0 saturated carbocycles. The molecular weight excluding hydrogens is 1060 g/mol. The van der Waals surface area contributed by atoms with E-state index in [1.54, 1.807) is 0 Å². The maximum absolute atomic E-state index is 7.25. The van der Waals surface area contributed by atoms with Gasteiger partial charge < -0.3 is 9.47 Å². The van der Waals surface area contributed by atoms with Crippen LogP contribution in [0.2, 0.25) is 0 Å². The summed E-state index contributed by atoms with van der Waals surface area (Å²) in [5, 5.41) is 5.25. The quantitative estimate of drug-likeness (QED) is 0.0357. The maximum atomic E-state index is 7.25. The Hall–Kier alpha value is -1.42. The van der Waals surface area contributed by atoms with Crippen LogP contribution in [0, 0.1) is 11.8 Å². The van der Waals surface area contributed by atoms with Gasteiger partial charge in [0.05, 0.1) is 30.2 Å². The number of unbranched alkanes of at least 4 members (excludes halogenated alkanes) is 24. The van der Waals surface area contributed by atoms with Gasteiger partial charge >= 0.3 is 0 Å². The van der Waals surface area contributed by atoms with Crippen LogP contribution in [0.3, 0.4) is 0 Å². The van der Waals surface area contributed by atoms with Crippen molar-refractivity contribution in [1.82, 2.24) is 0 Å². The predicted molar refractivity (Wildman–Crippen MR) is 325 cm³/mol. The number of halogens is 2. The van der Waals surface area contributed by atoms with Gasteiger partial charge in [0.1, 0.15) is 0 Å². The van der Waals surface area contributed by atoms with Crippen molar-refractivity contribution in [1.29, 1.82) is 0 Å². The van der Waals surface area contributed by atoms with E-state index in [1.807, 2.05) is 45.3 Å². The molecule has 6 rings (SSSR count). The minimum absolute atomic E-state index is 0.564. The van der Waals surface area contributed by atoms with Crippen LogP contribution >= 0.6 is 77.2 Å². The molecule has 2 atom stereocenters. The second-order valence-electron chi connectivity index (χ2n) is 20.8. The van der Waals surface area contributed by atoms with Crippen LogP contribution in [0.1, 0.15) is 233 Å². The summed E-state index contributed by atoms with van der Waals surface area (Å²) < 4.78 is 19.6. The Morgan fingerprint density at radius 1 is 0.343 bits per heavy atom. The Kier molecular flexibility index (Phi) is 27.7. The van der Waals surface area contributed by atoms with Gasteiger partial charge in [0.2, 0.25) is 0 Å². The summed E-state index contributed by atoms with van der Waals surface area (Å²) in [5.74, 6) is 3.03. The van der Waals surface area contributed by atoms with Gasteiger partial charge in [-0.05, 0) is 129 Å². The molecule has 8 heteroatoms. The smallest absolute Gasteiger partial charge is 0.161 e. The van der Waals surface area contributed by atoms with Gasteiger partial charge in [0, 0.05) is 30.3 Å². The fraction of sp³-hybridized carbons (Fsp3) is 0.645. The van der Waals surface area contributed by atoms with E-state index >= 15 is 0 Å². The number of ether oxygens (including phenoxy) is 2. The summed E-state index contributed by atoms with van der Waals surface area (Å²) in [4.78, 5) is 5.30. The minimum atomic E-state index is 0.564. The van der Waals surface area contributed by atoms with Gasteiger partial charge in [0.15, 0.2) is 11.5 Å². The van der Waals surface area contributed by atoms with Crippen LogP contribution in [-0.2, 0) is 0 Å². The molecule has 2 aromatic carbocycles. The van der Waals surface area contributed by atoms with E-state index in [0.29, 0.717) is 11.8 Å². The Bertz CT molecular complexity index is 2170. The first-order valence-corrected chi connectivity index (χ1v) is 33.5. The molecule has 2 unspecified atom stereocenters. The van der Waals surface area contributed by atoms with Crippen molar-refractivity contribution >= 4 is 108 Å². The van der Waals surface area contributed by atoms with E-state index in [-0.39, 0.29) is 0 Å². The van der Waals surface area contributed by atoms with E-state index in [1.165, 1.54) is 263 Å². The van der Waals surface area contributed by atoms with Crippen molar-refractivity contribution in [3.8, 4) is 31.0 Å². The van der Waals surface area contributed by atoms with Gasteiger partial charge in [-0.15, -0.1) is 45.3 Å². The van der Waals surface area contributed by atoms with Crippen LogP contribution in [-0.4, -0.2) is 13.2 Å². The first kappa shape index (κ1) is 57.9. The third-order valence-electron chi connectivity index (χ3n) is 14.8. The molecule has 0 N–H and O–H groups in total. The first-order chi connectivity index (χ1) is 34.4. The number of fused-ring (bicyclic) bond motifs is 6. The molecule has 4 aromatic heterocycles. The third-order valence-corrected chi connectivity index (χ3v) is 20.9. The number of benzene rings is 2. The topological polar surface area (TPSA) is 18.5 Å². The van der Waals surface area contributed by atoms with Gasteiger partial charge in [0.25, 0.3) is 0 Å². The summed E-state index contributed by atoms with van der Waals surface area (Å²) in [6.07, 6.45) is 43.0. The molecule has 0 fully saturated rings. The van der Waals surface area contributed by atoms with Crippen LogP contribution in [0.5, 0.6) is 11.5 Å². The van der Waals surface area contributed by atoms with Crippen LogP contribution in [0.25, 0.3) is 50.5 Å². The fourth-order valence-electron chi connectivity index (χ4n) is 10.5. The lowest BCUT2D eigenvalue weighted by Crippen LogP contribution is -2.15. The Balaban J connectivity index is 1.32. The van der Waals surface area contributed by atoms with Crippen molar-refractivity contribution in [2.24, 2.45) is 11.8 Å². The van der Waals surface area contributed by atoms with E-state index in [0.717, 1.165) is 24.7 Å². The second kappa shape index (κ2) is 33.5. The summed E-state index contributed by atoms with van der Waals surface area (Å²) >= 11 is 15.1. The van der Waals surface area contributed by atoms with Crippen molar-refractivity contribution in [2.45, 2.75) is 233 Å². The Morgan fingerprint density at radius 3 is 0.929 bits per heavy atom. The monoisotopic (exact) mass is 1150 g/mol. The molecule has 0 aliphatic carbocycles. The van der Waals surface area contributed by atoms with Gasteiger partial charge in [-0.3, -0.25) is 0 Å². The standard InChI is InChI=1S/C62H90Br2O2S4/c1-5-9-13-17-21-23-27-31-35-47(33-29-25-19-15-11-7-3)45-65-53-41-49-50(42-54(53)66-46-48(34-30-26-20-16-12-8-4)36-32-28-24-22-18-14-10-6-2)52-44-58(56-38-40-60(64)68-56)70-62(52)61-51(49)43-57(69-61)55-37-39-59(63)67-55/h37-44,47-48H,5-36,45-46H2,1-4H3. The number of thiophene rings is 4. The predicted octanol–water partition coefficient (Wildman–Crippen LogP) is 24.8. The van der Waals surface area contributed by atoms with E-state index < -0.39 is 0 Å². The molecule has 0 amide bonds. The summed E-state index contributed by atoms with van der Waals surface area (Å²) in [6, 6.07) is 18.7. The molecule has 0 bridgehead atoms. The molecule has 4 heterocycles. The Morgan fingerprint density at radius 2 is 0.643 bits per heavy atom. The van der Waals surface area contributed by atoms with E-state index in [2.05, 4.69) is 108 Å². The van der Waals surface area contributed by atoms with Gasteiger partial charge in [-0.1, -0.05) is 207 Å². The van der Waals surface area contributed by atoms with Gasteiger partial charge in [-0.2, -0.15) is 0 Å². The highest BCUT2D eigenvalue weighted by Crippen LogP contribution is 2.51. The number of rotatable bonds is 40. The largest absolute Gasteiger partial charge is 0.489 e. The lowest BCUT2D eigenvalue weighted by Gasteiger charge is -2.22. The average Bonchev–Trinajstić information content (AvgIpc) is 4.20. The van der Waals surface area contributed by atoms with Crippen LogP contribution in [0.15, 0.2) is 56.1 Å². The molecule has 0 aliphatic rings. The zero-order valence-corrected chi connectivity index (χ0v) is 50.5. The zero-order valence-electron chi connectivity index (χ0n) is 44.0. The molecule has 0 radical (unpaired) electrons. The second-order valence-corrected chi connectivity index (χ2v) is 27.8. The Labute approximate surface area is 459 Å². The average molecular weight is 1160 g/mol. The van der Waals surface area contributed by atoms with E-state index in [4.69, 9.17) is 9.47 Å². The highest BCUT2D eigenvalue weighted by Gasteiger charge is 2.22. The molecule has 70 heavy (non-hydrogen) atoms. The molecule has 0 spiro atoms. The van der Waals surface area contributed by atoms with E-state index in [9.17, 15) is 0 Å². The lowest BCUT2D eigenvalue weighted by molar-refractivity contribution is 0.192. The van der Waals surface area contributed by atoms with Crippen molar-refractivity contribution in [3.05, 3.63) is 56.1 Å². The number of hydrogen-bond acceptors (Lipinski definition) is 6. The zero-order chi connectivity index (χ0) is 49.2. The fourth-order valence-corrected chi connectivity index (χ4v) is 15.9. The maximum Gasteiger partial charge on any atom is 0.161 e. The molecule has 388 valence electrons. The SMILES string of the molecule is CCCCCCCCCCC(CCCCCCCC)COc1cc2c(cc1OCC(CCCCCCCC)CCCCCCCCCC)c1cc(-c3ccc(Br)s3)sc1c1sc(-c3ccc(Br)s3)cc21. The summed E-state index contributed by atoms with van der Waals surface area (Å²) in [5.41, 5.74) is 0. The highest BCUT2D eigenvalue weighted by molar-refractivity contribution is 9.11. The number of hydrogen-bond donors (Lipinski definition) is 0. The minimum Gasteiger partial charge on any atom is -0.489 e. The van der Waals surface area contributed by atoms with Gasteiger partial charge in [-0.25, -0.2) is 0 Å². The molecule has 0 saturated heterocycles. The summed E-state index contributed by atoms with van der Waals surface area (Å²) in [7, 11) is 0. The highest BCUT2D eigenvalue weighted by atomic mass is 79.9. The molecular formula is C62H90Br2O2S4. The van der Waals surface area contributed by atoms with Crippen LogP contribution in [0.4, 0.5) is 0 Å². The normalized spacial score (nSPS) is 12.8. The molecule has 2 nitrogen and oxygen atoms in total.